The molecule has 2 aromatic rings. The number of thioether (sulfide) groups is 1. The Balaban J connectivity index is 1.37. The fraction of sp³-hybridized carbons (Fsp3) is 0.474. The van der Waals surface area contributed by atoms with E-state index >= 15 is 0 Å². The molecule has 9 heteroatoms. The zero-order valence-corrected chi connectivity index (χ0v) is 16.2. The Kier molecular flexibility index (Phi) is 5.34. The van der Waals surface area contributed by atoms with Crippen molar-refractivity contribution in [2.45, 2.75) is 37.5 Å². The SMILES string of the molecule is Cc1nnc(SCC(=O)N2CCCC(C3CC(=O)c4cc(F)ccc4O3)C2)o1. The van der Waals surface area contributed by atoms with Crippen LogP contribution in [0.1, 0.15) is 35.5 Å². The molecule has 1 saturated heterocycles. The highest BCUT2D eigenvalue weighted by molar-refractivity contribution is 7.99. The van der Waals surface area contributed by atoms with Gasteiger partial charge in [0.1, 0.15) is 17.7 Å². The third-order valence-electron chi connectivity index (χ3n) is 5.07. The van der Waals surface area contributed by atoms with Gasteiger partial charge in [0.05, 0.1) is 11.3 Å². The molecule has 0 bridgehead atoms. The largest absolute Gasteiger partial charge is 0.489 e. The van der Waals surface area contributed by atoms with Crippen molar-refractivity contribution in [2.24, 2.45) is 5.92 Å². The highest BCUT2D eigenvalue weighted by atomic mass is 32.2. The van der Waals surface area contributed by atoms with E-state index < -0.39 is 5.82 Å². The molecule has 0 N–H and O–H groups in total. The molecule has 4 rings (SSSR count). The second kappa shape index (κ2) is 7.90. The van der Waals surface area contributed by atoms with Crippen LogP contribution < -0.4 is 4.74 Å². The van der Waals surface area contributed by atoms with E-state index in [1.165, 1.54) is 30.0 Å². The molecule has 3 heterocycles. The summed E-state index contributed by atoms with van der Waals surface area (Å²) < 4.78 is 24.7. The average Bonchev–Trinajstić information content (AvgIpc) is 3.12. The summed E-state index contributed by atoms with van der Waals surface area (Å²) >= 11 is 1.22. The average molecular weight is 405 g/mol. The molecule has 1 fully saturated rings. The van der Waals surface area contributed by atoms with Gasteiger partial charge in [0, 0.05) is 32.4 Å². The van der Waals surface area contributed by atoms with Gasteiger partial charge in [-0.15, -0.1) is 10.2 Å². The van der Waals surface area contributed by atoms with Crippen LogP contribution in [0.25, 0.3) is 0 Å². The van der Waals surface area contributed by atoms with Crippen molar-refractivity contribution in [2.75, 3.05) is 18.8 Å². The second-order valence-corrected chi connectivity index (χ2v) is 7.97. The fourth-order valence-corrected chi connectivity index (χ4v) is 4.38. The number of likely N-dealkylation sites (tertiary alicyclic amines) is 1. The Morgan fingerprint density at radius 2 is 2.25 bits per heavy atom. The van der Waals surface area contributed by atoms with E-state index in [2.05, 4.69) is 10.2 Å². The van der Waals surface area contributed by atoms with Gasteiger partial charge >= 0.3 is 0 Å². The van der Waals surface area contributed by atoms with Gasteiger partial charge in [-0.05, 0) is 31.0 Å². The summed E-state index contributed by atoms with van der Waals surface area (Å²) in [6.07, 6.45) is 1.64. The number of ether oxygens (including phenoxy) is 1. The number of carbonyl (C=O) groups excluding carboxylic acids is 2. The van der Waals surface area contributed by atoms with Crippen LogP contribution >= 0.6 is 11.8 Å². The molecule has 2 aliphatic heterocycles. The molecule has 0 radical (unpaired) electrons. The number of benzene rings is 1. The topological polar surface area (TPSA) is 85.5 Å². The highest BCUT2D eigenvalue weighted by Crippen LogP contribution is 2.34. The minimum absolute atomic E-state index is 0.00448. The number of rotatable bonds is 4. The number of amides is 1. The number of halogens is 1. The molecule has 0 aliphatic carbocycles. The van der Waals surface area contributed by atoms with Crippen LogP contribution in [0.15, 0.2) is 27.8 Å². The smallest absolute Gasteiger partial charge is 0.277 e. The molecule has 1 aromatic heterocycles. The fourth-order valence-electron chi connectivity index (χ4n) is 3.67. The lowest BCUT2D eigenvalue weighted by molar-refractivity contribution is -0.130. The minimum atomic E-state index is -0.447. The first-order valence-electron chi connectivity index (χ1n) is 9.19. The molecule has 0 spiro atoms. The molecule has 1 amide bonds. The van der Waals surface area contributed by atoms with E-state index in [1.54, 1.807) is 11.8 Å². The maximum absolute atomic E-state index is 13.4. The summed E-state index contributed by atoms with van der Waals surface area (Å²) in [6.45, 7) is 2.92. The van der Waals surface area contributed by atoms with Crippen LogP contribution in [-0.4, -0.2) is 51.7 Å². The number of hydrogen-bond acceptors (Lipinski definition) is 7. The van der Waals surface area contributed by atoms with E-state index in [9.17, 15) is 14.0 Å². The molecule has 2 unspecified atom stereocenters. The van der Waals surface area contributed by atoms with Crippen LogP contribution in [0, 0.1) is 18.7 Å². The van der Waals surface area contributed by atoms with Crippen molar-refractivity contribution in [3.05, 3.63) is 35.5 Å². The van der Waals surface area contributed by atoms with Crippen LogP contribution in [0.3, 0.4) is 0 Å². The number of ketones is 1. The van der Waals surface area contributed by atoms with Gasteiger partial charge in [0.25, 0.3) is 5.22 Å². The van der Waals surface area contributed by atoms with Crippen molar-refractivity contribution in [1.29, 1.82) is 0 Å². The van der Waals surface area contributed by atoms with Crippen LogP contribution in [0.4, 0.5) is 4.39 Å². The molecule has 0 saturated carbocycles. The summed E-state index contributed by atoms with van der Waals surface area (Å²) in [6, 6.07) is 4.02. The molecule has 7 nitrogen and oxygen atoms in total. The maximum Gasteiger partial charge on any atom is 0.277 e. The number of nitrogens with zero attached hydrogens (tertiary/aromatic N) is 3. The van der Waals surface area contributed by atoms with E-state index in [1.807, 2.05) is 0 Å². The zero-order chi connectivity index (χ0) is 19.7. The van der Waals surface area contributed by atoms with Gasteiger partial charge in [-0.2, -0.15) is 0 Å². The molecule has 28 heavy (non-hydrogen) atoms. The summed E-state index contributed by atoms with van der Waals surface area (Å²) in [5.74, 6) is 0.612. The van der Waals surface area contributed by atoms with Crippen LogP contribution in [0.2, 0.25) is 0 Å². The van der Waals surface area contributed by atoms with Crippen molar-refractivity contribution in [3.63, 3.8) is 0 Å². The number of hydrogen-bond donors (Lipinski definition) is 0. The first-order valence-corrected chi connectivity index (χ1v) is 10.2. The molecular weight excluding hydrogens is 385 g/mol. The summed E-state index contributed by atoms with van der Waals surface area (Å²) in [5, 5.41) is 8.00. The Morgan fingerprint density at radius 1 is 1.39 bits per heavy atom. The number of fused-ring (bicyclic) bond motifs is 1. The third kappa shape index (κ3) is 4.04. The number of carbonyl (C=O) groups is 2. The Bertz CT molecular complexity index is 903. The van der Waals surface area contributed by atoms with E-state index in [0.717, 1.165) is 12.8 Å². The van der Waals surface area contributed by atoms with Gasteiger partial charge in [-0.3, -0.25) is 9.59 Å². The summed E-state index contributed by atoms with van der Waals surface area (Å²) in [7, 11) is 0. The molecule has 2 atom stereocenters. The summed E-state index contributed by atoms with van der Waals surface area (Å²) in [5.41, 5.74) is 0.297. The van der Waals surface area contributed by atoms with Gasteiger partial charge in [0.15, 0.2) is 5.78 Å². The standard InChI is InChI=1S/C19H20FN3O4S/c1-11-21-22-19(26-11)28-10-18(25)23-6-2-3-12(9-23)17-8-15(24)14-7-13(20)4-5-16(14)27-17/h4-5,7,12,17H,2-3,6,8-10H2,1H3. The molecule has 1 aromatic carbocycles. The second-order valence-electron chi connectivity index (χ2n) is 7.04. The predicted molar refractivity (Wildman–Crippen MR) is 98.8 cm³/mol. The van der Waals surface area contributed by atoms with E-state index in [4.69, 9.17) is 9.15 Å². The Morgan fingerprint density at radius 3 is 3.04 bits per heavy atom. The lowest BCUT2D eigenvalue weighted by Gasteiger charge is -2.38. The number of piperidine rings is 1. The number of Topliss-reactive ketones (excluding diaryl/α,β-unsaturated/α-hetero) is 1. The lowest BCUT2D eigenvalue weighted by Crippen LogP contribution is -2.47. The van der Waals surface area contributed by atoms with Crippen molar-refractivity contribution in [1.82, 2.24) is 15.1 Å². The van der Waals surface area contributed by atoms with Crippen molar-refractivity contribution >= 4 is 23.5 Å². The van der Waals surface area contributed by atoms with Gasteiger partial charge in [-0.1, -0.05) is 11.8 Å². The summed E-state index contributed by atoms with van der Waals surface area (Å²) in [4.78, 5) is 26.8. The van der Waals surface area contributed by atoms with E-state index in [0.29, 0.717) is 35.5 Å². The monoisotopic (exact) mass is 405 g/mol. The number of aromatic nitrogens is 2. The third-order valence-corrected chi connectivity index (χ3v) is 5.87. The first-order chi connectivity index (χ1) is 13.5. The van der Waals surface area contributed by atoms with E-state index in [-0.39, 0.29) is 35.9 Å². The minimum Gasteiger partial charge on any atom is -0.489 e. The molecule has 148 valence electrons. The molecule has 2 aliphatic rings. The Labute approximate surface area is 165 Å². The van der Waals surface area contributed by atoms with Crippen LogP contribution in [-0.2, 0) is 4.79 Å². The Hall–Kier alpha value is -2.42. The number of aryl methyl sites for hydroxylation is 1. The normalized spacial score (nSPS) is 21.9. The van der Waals surface area contributed by atoms with Gasteiger partial charge in [0.2, 0.25) is 11.8 Å². The van der Waals surface area contributed by atoms with Crippen LogP contribution in [0.5, 0.6) is 5.75 Å². The van der Waals surface area contributed by atoms with Gasteiger partial charge in [-0.25, -0.2) is 4.39 Å². The van der Waals surface area contributed by atoms with Crippen molar-refractivity contribution < 1.29 is 23.1 Å². The highest BCUT2D eigenvalue weighted by Gasteiger charge is 2.36. The first kappa shape index (κ1) is 18.9. The predicted octanol–water partition coefficient (Wildman–Crippen LogP) is 2.88. The lowest BCUT2D eigenvalue weighted by atomic mass is 9.87. The van der Waals surface area contributed by atoms with Crippen molar-refractivity contribution in [3.8, 4) is 5.75 Å². The maximum atomic E-state index is 13.4. The molecular formula is C19H20FN3O4S. The van der Waals surface area contributed by atoms with Gasteiger partial charge < -0.3 is 14.1 Å². The quantitative estimate of drug-likeness (QED) is 0.723. The zero-order valence-electron chi connectivity index (χ0n) is 15.4.